The highest BCUT2D eigenvalue weighted by atomic mass is 16.7. The van der Waals surface area contributed by atoms with Crippen molar-refractivity contribution in [3.63, 3.8) is 0 Å². The molecule has 0 amide bonds. The van der Waals surface area contributed by atoms with Crippen LogP contribution in [0.25, 0.3) is 0 Å². The molecule has 2 saturated heterocycles. The van der Waals surface area contributed by atoms with Crippen molar-refractivity contribution in [3.8, 4) is 0 Å². The largest absolute Gasteiger partial charge is 0.481 e. The molecule has 8 N–H and O–H groups in total. The predicted molar refractivity (Wildman–Crippen MR) is 198 cm³/mol. The second-order valence-electron chi connectivity index (χ2n) is 20.0. The van der Waals surface area contributed by atoms with E-state index in [2.05, 4.69) is 47.6 Å². The van der Waals surface area contributed by atoms with Crippen LogP contribution in [0.3, 0.4) is 0 Å². The van der Waals surface area contributed by atoms with Crippen molar-refractivity contribution >= 4 is 11.9 Å². The van der Waals surface area contributed by atoms with Crippen molar-refractivity contribution in [2.24, 2.45) is 56.7 Å². The number of carboxylic acids is 2. The molecule has 0 radical (unpaired) electrons. The first-order valence-corrected chi connectivity index (χ1v) is 20.9. The van der Waals surface area contributed by atoms with Gasteiger partial charge in [-0.1, -0.05) is 53.2 Å². The monoisotopic (exact) mass is 794 g/mol. The van der Waals surface area contributed by atoms with Crippen LogP contribution in [0.15, 0.2) is 11.6 Å². The molecule has 0 aromatic carbocycles. The van der Waals surface area contributed by atoms with Crippen LogP contribution < -0.4 is 0 Å². The Morgan fingerprint density at radius 1 is 0.750 bits per heavy atom. The van der Waals surface area contributed by atoms with Gasteiger partial charge in [-0.3, -0.25) is 9.59 Å². The van der Waals surface area contributed by atoms with Crippen LogP contribution in [-0.2, 0) is 28.5 Å². The van der Waals surface area contributed by atoms with E-state index in [0.29, 0.717) is 44.4 Å². The lowest BCUT2D eigenvalue weighted by Crippen LogP contribution is -2.68. The molecule has 7 aliphatic rings. The summed E-state index contributed by atoms with van der Waals surface area (Å²) in [6.07, 6.45) is -6.76. The van der Waals surface area contributed by atoms with Gasteiger partial charge in [0.05, 0.1) is 29.6 Å². The molecular weight excluding hydrogens is 728 g/mol. The summed E-state index contributed by atoms with van der Waals surface area (Å²) in [5.41, 5.74) is -2.55. The molecule has 13 unspecified atom stereocenters. The summed E-state index contributed by atoms with van der Waals surface area (Å²) in [7, 11) is 0. The van der Waals surface area contributed by atoms with Crippen molar-refractivity contribution in [1.82, 2.24) is 0 Å². The number of allylic oxidation sites excluding steroid dienone is 1. The van der Waals surface area contributed by atoms with Crippen LogP contribution in [-0.4, -0.2) is 127 Å². The summed E-state index contributed by atoms with van der Waals surface area (Å²) in [5.74, 6) is -1.45. The number of carboxylic acid groups (broad SMARTS) is 2. The van der Waals surface area contributed by atoms with E-state index in [1.54, 1.807) is 6.92 Å². The van der Waals surface area contributed by atoms with Gasteiger partial charge in [-0.25, -0.2) is 0 Å². The Balaban J connectivity index is 1.11. The lowest BCUT2D eigenvalue weighted by Gasteiger charge is -2.70. The van der Waals surface area contributed by atoms with Crippen LogP contribution in [0, 0.1) is 56.7 Å². The minimum Gasteiger partial charge on any atom is -0.481 e. The summed E-state index contributed by atoms with van der Waals surface area (Å²) < 4.78 is 24.0. The van der Waals surface area contributed by atoms with Gasteiger partial charge in [-0.2, -0.15) is 0 Å². The number of aliphatic hydroxyl groups excluding tert-OH is 6. The molecule has 2 aliphatic heterocycles. The van der Waals surface area contributed by atoms with Crippen LogP contribution in [0.4, 0.5) is 0 Å². The van der Waals surface area contributed by atoms with Crippen LogP contribution in [0.1, 0.15) is 106 Å². The van der Waals surface area contributed by atoms with Crippen molar-refractivity contribution in [3.05, 3.63) is 11.6 Å². The van der Waals surface area contributed by atoms with Gasteiger partial charge in [-0.05, 0) is 111 Å². The molecule has 6 fully saturated rings. The fraction of sp³-hybridized carbons (Fsp3) is 0.905. The third-order valence-electron chi connectivity index (χ3n) is 17.4. The normalized spacial score (nSPS) is 54.1. The van der Waals surface area contributed by atoms with E-state index in [1.807, 2.05) is 0 Å². The van der Waals surface area contributed by atoms with Crippen LogP contribution in [0.5, 0.6) is 0 Å². The number of hydrogen-bond acceptors (Lipinski definition) is 12. The molecule has 14 heteroatoms. The first-order valence-electron chi connectivity index (χ1n) is 20.9. The minimum atomic E-state index is -1.69. The molecule has 56 heavy (non-hydrogen) atoms. The lowest BCUT2D eigenvalue weighted by atomic mass is 9.33. The Morgan fingerprint density at radius 2 is 1.41 bits per heavy atom. The average molecular weight is 795 g/mol. The molecule has 20 atom stereocenters. The Morgan fingerprint density at radius 3 is 2.05 bits per heavy atom. The average Bonchev–Trinajstić information content (AvgIpc) is 3.14. The van der Waals surface area contributed by atoms with E-state index in [1.165, 1.54) is 0 Å². The number of ether oxygens (including phenoxy) is 4. The molecule has 2 heterocycles. The number of fused-ring (bicyclic) bond motifs is 7. The number of aliphatic hydroxyl groups is 6. The standard InChI is InChI=1S/C42H66O14/c1-19-10-15-41(36(49)50)16-17-42(37(51)52)22(27(41)20(19)2)8-9-25-39(6)13-12-26(38(4,5)24(39)11-14-40(25,42)7)55-34-32(48)30(46)33(21(3)53-34)56-35-31(47)29(45)28(44)23(18-43)54-35/h8,19-21,23-35,43-48H,9-18H2,1-7H3,(H,49,50)(H,51,52)/t19?,20?,21?,23?,24-,25+,26?,27-,28?,29?,30?,31?,32?,33?,34?,35?,39+,40-,41+,42-/m1/s1. The summed E-state index contributed by atoms with van der Waals surface area (Å²) in [4.78, 5) is 27.0. The number of carbonyl (C=O) groups is 2. The fourth-order valence-electron chi connectivity index (χ4n) is 14.0. The highest BCUT2D eigenvalue weighted by molar-refractivity contribution is 5.84. The second-order valence-corrected chi connectivity index (χ2v) is 20.0. The molecule has 4 saturated carbocycles. The van der Waals surface area contributed by atoms with Crippen molar-refractivity contribution in [1.29, 1.82) is 0 Å². The zero-order chi connectivity index (χ0) is 41.1. The van der Waals surface area contributed by atoms with E-state index < -0.39 is 102 Å². The van der Waals surface area contributed by atoms with Crippen molar-refractivity contribution in [2.75, 3.05) is 6.61 Å². The van der Waals surface area contributed by atoms with Gasteiger partial charge in [0, 0.05) is 0 Å². The summed E-state index contributed by atoms with van der Waals surface area (Å²) >= 11 is 0. The third kappa shape index (κ3) is 5.85. The molecule has 5 aliphatic carbocycles. The highest BCUT2D eigenvalue weighted by Crippen LogP contribution is 2.76. The first kappa shape index (κ1) is 42.4. The van der Waals surface area contributed by atoms with Gasteiger partial charge in [0.25, 0.3) is 0 Å². The number of aliphatic carboxylic acids is 2. The van der Waals surface area contributed by atoms with E-state index >= 15 is 0 Å². The predicted octanol–water partition coefficient (Wildman–Crippen LogP) is 2.83. The van der Waals surface area contributed by atoms with Gasteiger partial charge in [0.15, 0.2) is 12.6 Å². The molecule has 14 nitrogen and oxygen atoms in total. The number of rotatable bonds is 7. The minimum absolute atomic E-state index is 0.0289. The lowest BCUT2D eigenvalue weighted by molar-refractivity contribution is -0.364. The maximum absolute atomic E-state index is 13.9. The van der Waals surface area contributed by atoms with E-state index in [9.17, 15) is 50.4 Å². The molecule has 7 rings (SSSR count). The van der Waals surface area contributed by atoms with Crippen LogP contribution >= 0.6 is 0 Å². The second kappa shape index (κ2) is 14.5. The van der Waals surface area contributed by atoms with E-state index in [4.69, 9.17) is 18.9 Å². The molecule has 0 aromatic heterocycles. The van der Waals surface area contributed by atoms with Gasteiger partial charge >= 0.3 is 11.9 Å². The Labute approximate surface area is 329 Å². The zero-order valence-electron chi connectivity index (χ0n) is 33.9. The molecule has 0 bridgehead atoms. The first-order chi connectivity index (χ1) is 26.1. The molecular formula is C42H66O14. The summed E-state index contributed by atoms with van der Waals surface area (Å²) in [6, 6.07) is 0. The topological polar surface area (TPSA) is 233 Å². The summed E-state index contributed by atoms with van der Waals surface area (Å²) in [5, 5.41) is 85.2. The van der Waals surface area contributed by atoms with Crippen molar-refractivity contribution in [2.45, 2.75) is 174 Å². The SMILES string of the molecule is CC1CC[C@]2(C(=O)O)CC[C@]3(C(=O)O)C(=CC[C@H]4[C@@]5(C)CCC(OC6OC(C)C(OC7OC(CO)C(O)C(O)C7O)C(O)C6O)C(C)(C)[C@H]5CC[C@]43C)[C@H]2C1C. The van der Waals surface area contributed by atoms with E-state index in [-0.39, 0.29) is 35.2 Å². The summed E-state index contributed by atoms with van der Waals surface area (Å²) in [6.45, 7) is 14.1. The van der Waals surface area contributed by atoms with Gasteiger partial charge < -0.3 is 59.8 Å². The number of hydrogen-bond donors (Lipinski definition) is 8. The fourth-order valence-corrected chi connectivity index (χ4v) is 14.0. The highest BCUT2D eigenvalue weighted by Gasteiger charge is 2.73. The Kier molecular flexibility index (Phi) is 11.0. The zero-order valence-corrected chi connectivity index (χ0v) is 33.9. The molecule has 0 aromatic rings. The van der Waals surface area contributed by atoms with Gasteiger partial charge in [0.2, 0.25) is 0 Å². The van der Waals surface area contributed by atoms with E-state index in [0.717, 1.165) is 24.8 Å². The quantitative estimate of drug-likeness (QED) is 0.137. The van der Waals surface area contributed by atoms with Crippen molar-refractivity contribution < 1.29 is 69.4 Å². The Bertz CT molecular complexity index is 1550. The Hall–Kier alpha value is -1.72. The third-order valence-corrected chi connectivity index (χ3v) is 17.4. The van der Waals surface area contributed by atoms with Gasteiger partial charge in [0.1, 0.15) is 42.7 Å². The van der Waals surface area contributed by atoms with Crippen LogP contribution in [0.2, 0.25) is 0 Å². The maximum Gasteiger partial charge on any atom is 0.314 e. The maximum atomic E-state index is 13.9. The smallest absolute Gasteiger partial charge is 0.314 e. The van der Waals surface area contributed by atoms with Gasteiger partial charge in [-0.15, -0.1) is 0 Å². The molecule has 318 valence electrons. The molecule has 0 spiro atoms.